The molecule has 1 aromatic rings. The highest BCUT2D eigenvalue weighted by molar-refractivity contribution is 8.04. The van der Waals surface area contributed by atoms with Crippen molar-refractivity contribution in [3.63, 3.8) is 0 Å². The maximum absolute atomic E-state index is 12.2. The van der Waals surface area contributed by atoms with Gasteiger partial charge in [0.25, 0.3) is 0 Å². The van der Waals surface area contributed by atoms with Crippen LogP contribution in [0, 0.1) is 0 Å². The molecule has 0 heterocycles. The van der Waals surface area contributed by atoms with E-state index in [1.807, 2.05) is 32.1 Å². The summed E-state index contributed by atoms with van der Waals surface area (Å²) in [5.41, 5.74) is 1.39. The number of phenolic OH excluding ortho intramolecular Hbond substituents is 1. The van der Waals surface area contributed by atoms with Crippen molar-refractivity contribution in [3.05, 3.63) is 34.2 Å². The normalized spacial score (nSPS) is 13.0. The molecule has 0 amide bonds. The lowest BCUT2D eigenvalue weighted by atomic mass is 9.79. The fourth-order valence-corrected chi connectivity index (χ4v) is 3.49. The molecule has 0 aliphatic rings. The quantitative estimate of drug-likeness (QED) is 0.399. The van der Waals surface area contributed by atoms with Gasteiger partial charge >= 0.3 is 5.97 Å². The highest BCUT2D eigenvalue weighted by atomic mass is 32.2. The summed E-state index contributed by atoms with van der Waals surface area (Å²) in [5.74, 6) is 0.0542. The zero-order valence-electron chi connectivity index (χ0n) is 16.8. The molecule has 0 bridgehead atoms. The van der Waals surface area contributed by atoms with Crippen molar-refractivity contribution in [2.24, 2.45) is 0 Å². The number of carbonyl (C=O) groups excluding carboxylic acids is 1. The molecular formula is C21H32O3S. The van der Waals surface area contributed by atoms with Crippen LogP contribution in [0.5, 0.6) is 5.75 Å². The van der Waals surface area contributed by atoms with Crippen molar-refractivity contribution >= 4 is 17.7 Å². The van der Waals surface area contributed by atoms with Crippen LogP contribution in [0.2, 0.25) is 0 Å². The Labute approximate surface area is 156 Å². The number of hydrogen-bond acceptors (Lipinski definition) is 4. The number of thioether (sulfide) groups is 1. The molecule has 1 rings (SSSR count). The van der Waals surface area contributed by atoms with Gasteiger partial charge in [-0.2, -0.15) is 0 Å². The predicted molar refractivity (Wildman–Crippen MR) is 106 cm³/mol. The van der Waals surface area contributed by atoms with Crippen LogP contribution in [0.25, 0.3) is 0 Å². The van der Waals surface area contributed by atoms with Gasteiger partial charge in [-0.15, -0.1) is 0 Å². The minimum Gasteiger partial charge on any atom is -0.507 e. The number of aromatic hydroxyl groups is 1. The Kier molecular flexibility index (Phi) is 7.18. The fourth-order valence-electron chi connectivity index (χ4n) is 2.49. The van der Waals surface area contributed by atoms with E-state index in [9.17, 15) is 9.90 Å². The molecule has 1 N–H and O–H groups in total. The molecule has 0 unspecified atom stereocenters. The van der Waals surface area contributed by atoms with Crippen LogP contribution in [0.4, 0.5) is 0 Å². The Morgan fingerprint density at radius 1 is 1.08 bits per heavy atom. The van der Waals surface area contributed by atoms with E-state index in [2.05, 4.69) is 41.5 Å². The Morgan fingerprint density at radius 2 is 1.56 bits per heavy atom. The minimum absolute atomic E-state index is 0.195. The van der Waals surface area contributed by atoms with Crippen LogP contribution >= 0.6 is 11.8 Å². The molecule has 0 spiro atoms. The van der Waals surface area contributed by atoms with Gasteiger partial charge in [0, 0.05) is 16.0 Å². The largest absolute Gasteiger partial charge is 0.507 e. The predicted octanol–water partition coefficient (Wildman–Crippen LogP) is 5.94. The SMILES string of the molecule is CCC=C(Sc1cc(C(C)(C)C)c(O)c(C(C)(C)C)c1)C(=O)OCC. The summed E-state index contributed by atoms with van der Waals surface area (Å²) in [5, 5.41) is 10.8. The molecule has 4 heteroatoms. The fraction of sp³-hybridized carbons (Fsp3) is 0.571. The maximum atomic E-state index is 12.2. The second-order valence-corrected chi connectivity index (χ2v) is 9.28. The summed E-state index contributed by atoms with van der Waals surface area (Å²) in [7, 11) is 0. The van der Waals surface area contributed by atoms with Crippen molar-refractivity contribution in [1.82, 2.24) is 0 Å². The molecule has 0 aromatic heterocycles. The van der Waals surface area contributed by atoms with E-state index in [0.717, 1.165) is 22.4 Å². The molecule has 3 nitrogen and oxygen atoms in total. The molecule has 0 aliphatic carbocycles. The third-order valence-corrected chi connectivity index (χ3v) is 4.82. The van der Waals surface area contributed by atoms with E-state index < -0.39 is 0 Å². The molecule has 0 saturated carbocycles. The number of carbonyl (C=O) groups is 1. The van der Waals surface area contributed by atoms with E-state index >= 15 is 0 Å². The van der Waals surface area contributed by atoms with Gasteiger partial charge in [-0.1, -0.05) is 66.3 Å². The highest BCUT2D eigenvalue weighted by Gasteiger charge is 2.27. The third kappa shape index (κ3) is 5.81. The molecule has 0 aliphatic heterocycles. The summed E-state index contributed by atoms with van der Waals surface area (Å²) in [4.78, 5) is 13.7. The zero-order valence-corrected chi connectivity index (χ0v) is 17.6. The van der Waals surface area contributed by atoms with Crippen LogP contribution in [-0.2, 0) is 20.4 Å². The summed E-state index contributed by atoms with van der Waals surface area (Å²) in [6.07, 6.45) is 2.65. The van der Waals surface area contributed by atoms with Gasteiger partial charge in [-0.25, -0.2) is 4.79 Å². The smallest absolute Gasteiger partial charge is 0.344 e. The van der Waals surface area contributed by atoms with E-state index in [1.165, 1.54) is 11.8 Å². The van der Waals surface area contributed by atoms with Gasteiger partial charge in [0.1, 0.15) is 5.75 Å². The minimum atomic E-state index is -0.294. The number of ether oxygens (including phenoxy) is 1. The average molecular weight is 365 g/mol. The number of rotatable bonds is 5. The van der Waals surface area contributed by atoms with E-state index in [-0.39, 0.29) is 16.8 Å². The van der Waals surface area contributed by atoms with Crippen LogP contribution in [0.1, 0.15) is 72.9 Å². The lowest BCUT2D eigenvalue weighted by molar-refractivity contribution is -0.137. The molecule has 0 radical (unpaired) electrons. The van der Waals surface area contributed by atoms with Crippen LogP contribution in [-0.4, -0.2) is 17.7 Å². The van der Waals surface area contributed by atoms with Gasteiger partial charge in [0.15, 0.2) is 0 Å². The van der Waals surface area contributed by atoms with Crippen molar-refractivity contribution in [3.8, 4) is 5.75 Å². The lowest BCUT2D eigenvalue weighted by Crippen LogP contribution is -2.17. The summed E-state index contributed by atoms with van der Waals surface area (Å²) >= 11 is 1.41. The first-order valence-electron chi connectivity index (χ1n) is 8.84. The van der Waals surface area contributed by atoms with Crippen molar-refractivity contribution in [2.75, 3.05) is 6.61 Å². The zero-order chi connectivity index (χ0) is 19.4. The number of esters is 1. The lowest BCUT2D eigenvalue weighted by Gasteiger charge is -2.28. The third-order valence-electron chi connectivity index (χ3n) is 3.79. The Balaban J connectivity index is 3.45. The number of hydrogen-bond donors (Lipinski definition) is 1. The topological polar surface area (TPSA) is 46.5 Å². The van der Waals surface area contributed by atoms with Crippen molar-refractivity contribution in [1.29, 1.82) is 0 Å². The standard InChI is InChI=1S/C21H32O3S/c1-9-11-17(19(23)24-10-2)25-14-12-15(20(3,4)5)18(22)16(13-14)21(6,7)8/h11-13,22H,9-10H2,1-8H3. The molecular weight excluding hydrogens is 332 g/mol. The molecule has 1 aromatic carbocycles. The van der Waals surface area contributed by atoms with Gasteiger partial charge < -0.3 is 9.84 Å². The maximum Gasteiger partial charge on any atom is 0.344 e. The van der Waals surface area contributed by atoms with Gasteiger partial charge in [-0.05, 0) is 36.3 Å². The summed E-state index contributed by atoms with van der Waals surface area (Å²) in [6.45, 7) is 16.6. The first-order chi connectivity index (χ1) is 11.4. The first kappa shape index (κ1) is 21.6. The first-order valence-corrected chi connectivity index (χ1v) is 9.66. The van der Waals surface area contributed by atoms with Crippen molar-refractivity contribution < 1.29 is 14.6 Å². The van der Waals surface area contributed by atoms with Gasteiger partial charge in [-0.3, -0.25) is 0 Å². The highest BCUT2D eigenvalue weighted by Crippen LogP contribution is 2.43. The summed E-state index contributed by atoms with van der Waals surface area (Å²) < 4.78 is 5.17. The van der Waals surface area contributed by atoms with Crippen LogP contribution in [0.15, 0.2) is 28.0 Å². The Morgan fingerprint density at radius 3 is 1.92 bits per heavy atom. The van der Waals surface area contributed by atoms with Crippen molar-refractivity contribution in [2.45, 2.75) is 77.5 Å². The van der Waals surface area contributed by atoms with Crippen LogP contribution in [0.3, 0.4) is 0 Å². The van der Waals surface area contributed by atoms with E-state index in [0.29, 0.717) is 17.3 Å². The molecule has 0 saturated heterocycles. The van der Waals surface area contributed by atoms with E-state index in [1.54, 1.807) is 0 Å². The average Bonchev–Trinajstić information content (AvgIpc) is 2.46. The van der Waals surface area contributed by atoms with Crippen LogP contribution < -0.4 is 0 Å². The molecule has 140 valence electrons. The van der Waals surface area contributed by atoms with Gasteiger partial charge in [0.2, 0.25) is 0 Å². The number of allylic oxidation sites excluding steroid dienone is 1. The number of benzene rings is 1. The second-order valence-electron chi connectivity index (χ2n) is 8.17. The molecule has 25 heavy (non-hydrogen) atoms. The Hall–Kier alpha value is -1.42. The molecule has 0 atom stereocenters. The monoisotopic (exact) mass is 364 g/mol. The van der Waals surface area contributed by atoms with Gasteiger partial charge in [0.05, 0.1) is 11.5 Å². The Bertz CT molecular complexity index is 611. The summed E-state index contributed by atoms with van der Waals surface area (Å²) in [6, 6.07) is 3.97. The molecule has 0 fully saturated rings. The second kappa shape index (κ2) is 8.31. The number of phenols is 1. The van der Waals surface area contributed by atoms with E-state index in [4.69, 9.17) is 4.74 Å².